The largest absolute Gasteiger partial charge is 0.497 e. The van der Waals surface area contributed by atoms with Crippen LogP contribution in [0.15, 0.2) is 48.5 Å². The summed E-state index contributed by atoms with van der Waals surface area (Å²) in [6, 6.07) is 14.4. The number of hydrogen-bond donors (Lipinski definition) is 2. The summed E-state index contributed by atoms with van der Waals surface area (Å²) in [6.07, 6.45) is 0. The van der Waals surface area contributed by atoms with Crippen molar-refractivity contribution in [1.82, 2.24) is 4.90 Å². The second kappa shape index (κ2) is 10.8. The Labute approximate surface area is 183 Å². The van der Waals surface area contributed by atoms with Crippen LogP contribution in [-0.4, -0.2) is 69.8 Å². The number of carbonyl (C=O) groups is 2. The summed E-state index contributed by atoms with van der Waals surface area (Å²) in [5.74, 6) is 0.291. The van der Waals surface area contributed by atoms with E-state index in [1.807, 2.05) is 30.3 Å². The van der Waals surface area contributed by atoms with Gasteiger partial charge in [-0.1, -0.05) is 6.07 Å². The lowest BCUT2D eigenvalue weighted by Crippen LogP contribution is -2.43. The maximum absolute atomic E-state index is 12.6. The number of amides is 2. The minimum Gasteiger partial charge on any atom is -0.497 e. The lowest BCUT2D eigenvalue weighted by atomic mass is 10.2. The highest BCUT2D eigenvalue weighted by Gasteiger charge is 2.20. The molecule has 0 unspecified atom stereocenters. The maximum Gasteiger partial charge on any atom is 0.241 e. The van der Waals surface area contributed by atoms with Crippen LogP contribution in [0.3, 0.4) is 0 Å². The van der Waals surface area contributed by atoms with Crippen LogP contribution in [0, 0.1) is 0 Å². The molecule has 0 aliphatic carbocycles. The van der Waals surface area contributed by atoms with E-state index in [1.165, 1.54) is 0 Å². The molecule has 166 valence electrons. The molecule has 1 fully saturated rings. The maximum atomic E-state index is 12.6. The van der Waals surface area contributed by atoms with Crippen LogP contribution in [0.5, 0.6) is 5.75 Å². The highest BCUT2D eigenvalue weighted by atomic mass is 16.5. The Morgan fingerprint density at radius 2 is 1.81 bits per heavy atom. The highest BCUT2D eigenvalue weighted by Crippen LogP contribution is 2.20. The lowest BCUT2D eigenvalue weighted by molar-refractivity contribution is -0.122. The van der Waals surface area contributed by atoms with Gasteiger partial charge in [0.1, 0.15) is 5.75 Å². The number of nitrogens with zero attached hydrogens (tertiary/aromatic N) is 2. The molecule has 31 heavy (non-hydrogen) atoms. The van der Waals surface area contributed by atoms with E-state index in [1.54, 1.807) is 44.2 Å². The van der Waals surface area contributed by atoms with Gasteiger partial charge in [0.2, 0.25) is 11.8 Å². The van der Waals surface area contributed by atoms with Gasteiger partial charge in [0, 0.05) is 36.2 Å². The van der Waals surface area contributed by atoms with Crippen molar-refractivity contribution in [2.75, 3.05) is 62.5 Å². The zero-order chi connectivity index (χ0) is 22.2. The first-order chi connectivity index (χ1) is 15.0. The van der Waals surface area contributed by atoms with E-state index in [0.717, 1.165) is 37.7 Å². The van der Waals surface area contributed by atoms with Gasteiger partial charge in [-0.15, -0.1) is 0 Å². The summed E-state index contributed by atoms with van der Waals surface area (Å²) in [5, 5.41) is 5.74. The topological polar surface area (TPSA) is 83.1 Å². The van der Waals surface area contributed by atoms with Gasteiger partial charge in [-0.05, 0) is 50.4 Å². The smallest absolute Gasteiger partial charge is 0.241 e. The molecule has 0 aromatic heterocycles. The minimum atomic E-state index is -0.477. The average Bonchev–Trinajstić information content (AvgIpc) is 2.79. The fourth-order valence-electron chi connectivity index (χ4n) is 3.29. The van der Waals surface area contributed by atoms with Gasteiger partial charge < -0.3 is 25.0 Å². The van der Waals surface area contributed by atoms with E-state index in [-0.39, 0.29) is 18.4 Å². The molecular formula is C23H30N4O4. The third-order valence-corrected chi connectivity index (χ3v) is 5.30. The first-order valence-corrected chi connectivity index (χ1v) is 10.3. The predicted molar refractivity (Wildman–Crippen MR) is 122 cm³/mol. The van der Waals surface area contributed by atoms with E-state index in [2.05, 4.69) is 15.5 Å². The summed E-state index contributed by atoms with van der Waals surface area (Å²) in [5.41, 5.74) is 2.49. The molecule has 1 saturated heterocycles. The molecule has 0 spiro atoms. The fraction of sp³-hybridized carbons (Fsp3) is 0.391. The van der Waals surface area contributed by atoms with E-state index < -0.39 is 6.04 Å². The van der Waals surface area contributed by atoms with Gasteiger partial charge in [0.05, 0.1) is 32.9 Å². The first kappa shape index (κ1) is 22.6. The number of ether oxygens (including phenoxy) is 2. The van der Waals surface area contributed by atoms with E-state index in [4.69, 9.17) is 9.47 Å². The van der Waals surface area contributed by atoms with Crippen molar-refractivity contribution in [3.63, 3.8) is 0 Å². The van der Waals surface area contributed by atoms with Gasteiger partial charge in [-0.2, -0.15) is 0 Å². The van der Waals surface area contributed by atoms with E-state index in [9.17, 15) is 9.59 Å². The third-order valence-electron chi connectivity index (χ3n) is 5.30. The van der Waals surface area contributed by atoms with Crippen molar-refractivity contribution < 1.29 is 19.1 Å². The van der Waals surface area contributed by atoms with Gasteiger partial charge in [-0.25, -0.2) is 0 Å². The minimum absolute atomic E-state index is 0.0851. The van der Waals surface area contributed by atoms with Crippen LogP contribution in [-0.2, 0) is 14.3 Å². The molecule has 2 aromatic rings. The number of carbonyl (C=O) groups excluding carboxylic acids is 2. The normalized spacial score (nSPS) is 14.8. The average molecular weight is 427 g/mol. The Hall–Kier alpha value is -3.10. The monoisotopic (exact) mass is 426 g/mol. The van der Waals surface area contributed by atoms with Crippen molar-refractivity contribution in [3.8, 4) is 5.75 Å². The van der Waals surface area contributed by atoms with Crippen LogP contribution in [0.25, 0.3) is 0 Å². The van der Waals surface area contributed by atoms with Crippen molar-refractivity contribution in [1.29, 1.82) is 0 Å². The van der Waals surface area contributed by atoms with Gasteiger partial charge in [-0.3, -0.25) is 14.5 Å². The summed E-state index contributed by atoms with van der Waals surface area (Å²) in [4.78, 5) is 29.0. The summed E-state index contributed by atoms with van der Waals surface area (Å²) < 4.78 is 10.5. The molecule has 1 atom stereocenters. The van der Waals surface area contributed by atoms with Gasteiger partial charge in [0.15, 0.2) is 0 Å². The summed E-state index contributed by atoms with van der Waals surface area (Å²) in [7, 11) is 3.32. The first-order valence-electron chi connectivity index (χ1n) is 10.3. The van der Waals surface area contributed by atoms with Crippen LogP contribution < -0.4 is 20.3 Å². The highest BCUT2D eigenvalue weighted by molar-refractivity contribution is 5.96. The Balaban J connectivity index is 1.49. The van der Waals surface area contributed by atoms with Crippen molar-refractivity contribution in [3.05, 3.63) is 48.5 Å². The molecule has 8 heteroatoms. The van der Waals surface area contributed by atoms with Gasteiger partial charge >= 0.3 is 0 Å². The van der Waals surface area contributed by atoms with Crippen LogP contribution in [0.1, 0.15) is 6.92 Å². The Kier molecular flexibility index (Phi) is 7.86. The molecule has 0 bridgehead atoms. The Bertz CT molecular complexity index is 881. The number of likely N-dealkylation sites (N-methyl/N-ethyl adjacent to an activating group) is 1. The molecule has 8 nitrogen and oxygen atoms in total. The SMILES string of the molecule is COc1cccc(NC(=O)CN(C)[C@@H](C)C(=O)Nc2ccc(N3CCOCC3)cc2)c1. The lowest BCUT2D eigenvalue weighted by Gasteiger charge is -2.29. The van der Waals surface area contributed by atoms with E-state index in [0.29, 0.717) is 11.4 Å². The second-order valence-electron chi connectivity index (χ2n) is 7.51. The predicted octanol–water partition coefficient (Wildman–Crippen LogP) is 2.43. The van der Waals surface area contributed by atoms with Crippen molar-refractivity contribution in [2.45, 2.75) is 13.0 Å². The van der Waals surface area contributed by atoms with Crippen LogP contribution >= 0.6 is 0 Å². The number of rotatable bonds is 8. The molecule has 1 aliphatic heterocycles. The number of nitrogens with one attached hydrogen (secondary N) is 2. The molecule has 2 N–H and O–H groups in total. The van der Waals surface area contributed by atoms with E-state index >= 15 is 0 Å². The molecule has 2 amide bonds. The Morgan fingerprint density at radius 1 is 1.10 bits per heavy atom. The molecule has 0 radical (unpaired) electrons. The summed E-state index contributed by atoms with van der Waals surface area (Å²) in [6.45, 7) is 5.05. The standard InChI is InChI=1S/C23H30N4O4/c1-17(26(2)16-22(28)24-19-5-4-6-21(15-19)30-3)23(29)25-18-7-9-20(10-8-18)27-11-13-31-14-12-27/h4-10,15,17H,11-14,16H2,1-3H3,(H,24,28)(H,25,29)/t17-/m0/s1. The van der Waals surface area contributed by atoms with Crippen molar-refractivity contribution in [2.24, 2.45) is 0 Å². The zero-order valence-electron chi connectivity index (χ0n) is 18.3. The quantitative estimate of drug-likeness (QED) is 0.675. The second-order valence-corrected chi connectivity index (χ2v) is 7.51. The molecular weight excluding hydrogens is 396 g/mol. The molecule has 2 aromatic carbocycles. The molecule has 1 heterocycles. The van der Waals surface area contributed by atoms with Gasteiger partial charge in [0.25, 0.3) is 0 Å². The number of benzene rings is 2. The molecule has 1 aliphatic rings. The molecule has 0 saturated carbocycles. The third kappa shape index (κ3) is 6.44. The number of hydrogen-bond acceptors (Lipinski definition) is 6. The Morgan fingerprint density at radius 3 is 2.48 bits per heavy atom. The molecule has 3 rings (SSSR count). The number of anilines is 3. The van der Waals surface area contributed by atoms with Crippen LogP contribution in [0.4, 0.5) is 17.1 Å². The fourth-order valence-corrected chi connectivity index (χ4v) is 3.29. The zero-order valence-corrected chi connectivity index (χ0v) is 18.3. The van der Waals surface area contributed by atoms with Crippen LogP contribution in [0.2, 0.25) is 0 Å². The number of methoxy groups -OCH3 is 1. The summed E-state index contributed by atoms with van der Waals surface area (Å²) >= 11 is 0. The number of morpholine rings is 1. The van der Waals surface area contributed by atoms with Crippen molar-refractivity contribution >= 4 is 28.9 Å².